The Kier molecular flexibility index (Phi) is 5.96. The van der Waals surface area contributed by atoms with Gasteiger partial charge in [-0.15, -0.1) is 0 Å². The van der Waals surface area contributed by atoms with Crippen molar-refractivity contribution in [3.8, 4) is 0 Å². The maximum Gasteiger partial charge on any atom is 0.337 e. The zero-order chi connectivity index (χ0) is 11.8. The second-order valence-electron chi connectivity index (χ2n) is 3.23. The molecular formula is C12H16O3S. The monoisotopic (exact) mass is 240 g/mol. The molecule has 0 fully saturated rings. The van der Waals surface area contributed by atoms with Crippen LogP contribution in [-0.2, 0) is 15.2 Å². The highest BCUT2D eigenvalue weighted by Gasteiger charge is 2.03. The smallest absolute Gasteiger partial charge is 0.337 e. The first-order valence-electron chi connectivity index (χ1n) is 5.02. The second kappa shape index (κ2) is 7.30. The number of ether oxygens (including phenoxy) is 2. The molecule has 0 N–H and O–H groups in total. The van der Waals surface area contributed by atoms with Crippen LogP contribution in [0, 0.1) is 0 Å². The van der Waals surface area contributed by atoms with Gasteiger partial charge in [0.15, 0.2) is 0 Å². The van der Waals surface area contributed by atoms with Crippen LogP contribution in [0.5, 0.6) is 0 Å². The number of carbonyl (C=O) groups excluding carboxylic acids is 1. The predicted octanol–water partition coefficient (Wildman–Crippen LogP) is 2.35. The summed E-state index contributed by atoms with van der Waals surface area (Å²) >= 11 is 1.81. The van der Waals surface area contributed by atoms with Gasteiger partial charge in [0, 0.05) is 18.6 Å². The minimum Gasteiger partial charge on any atom is -0.465 e. The molecule has 4 heteroatoms. The minimum atomic E-state index is -0.293. The lowest BCUT2D eigenvalue weighted by Crippen LogP contribution is -2.00. The first-order valence-corrected chi connectivity index (χ1v) is 6.17. The molecule has 0 aromatic heterocycles. The summed E-state index contributed by atoms with van der Waals surface area (Å²) < 4.78 is 9.59. The zero-order valence-electron chi connectivity index (χ0n) is 9.56. The number of rotatable bonds is 6. The molecular weight excluding hydrogens is 224 g/mol. The molecule has 0 aliphatic carbocycles. The number of methoxy groups -OCH3 is 2. The second-order valence-corrected chi connectivity index (χ2v) is 4.34. The average molecular weight is 240 g/mol. The molecule has 0 saturated carbocycles. The highest BCUT2D eigenvalue weighted by Crippen LogP contribution is 2.13. The van der Waals surface area contributed by atoms with Crippen molar-refractivity contribution < 1.29 is 14.3 Å². The van der Waals surface area contributed by atoms with E-state index in [9.17, 15) is 4.79 Å². The van der Waals surface area contributed by atoms with Gasteiger partial charge < -0.3 is 9.47 Å². The van der Waals surface area contributed by atoms with Gasteiger partial charge in [0.05, 0.1) is 19.3 Å². The number of carbonyl (C=O) groups is 1. The maximum atomic E-state index is 11.2. The van der Waals surface area contributed by atoms with Gasteiger partial charge in [-0.05, 0) is 17.7 Å². The van der Waals surface area contributed by atoms with Gasteiger partial charge in [-0.2, -0.15) is 11.8 Å². The van der Waals surface area contributed by atoms with Crippen LogP contribution in [0.4, 0.5) is 0 Å². The van der Waals surface area contributed by atoms with E-state index in [1.165, 1.54) is 12.7 Å². The van der Waals surface area contributed by atoms with E-state index in [1.807, 2.05) is 23.9 Å². The summed E-state index contributed by atoms with van der Waals surface area (Å²) in [7, 11) is 3.09. The molecule has 0 aliphatic heterocycles. The van der Waals surface area contributed by atoms with Crippen molar-refractivity contribution in [2.45, 2.75) is 5.75 Å². The van der Waals surface area contributed by atoms with Crippen LogP contribution in [-0.4, -0.2) is 32.5 Å². The Labute approximate surface area is 100 Å². The van der Waals surface area contributed by atoms with Crippen LogP contribution in [0.1, 0.15) is 15.9 Å². The lowest BCUT2D eigenvalue weighted by molar-refractivity contribution is 0.0601. The van der Waals surface area contributed by atoms with E-state index in [1.54, 1.807) is 19.2 Å². The van der Waals surface area contributed by atoms with Crippen LogP contribution in [0.2, 0.25) is 0 Å². The summed E-state index contributed by atoms with van der Waals surface area (Å²) in [5, 5.41) is 0. The number of benzene rings is 1. The highest BCUT2D eigenvalue weighted by atomic mass is 32.2. The molecule has 0 amide bonds. The van der Waals surface area contributed by atoms with Crippen molar-refractivity contribution in [1.29, 1.82) is 0 Å². The standard InChI is InChI=1S/C12H16O3S/c1-14-7-8-16-9-10-3-5-11(6-4-10)12(13)15-2/h3-6H,7-9H2,1-2H3. The van der Waals surface area contributed by atoms with Crippen molar-refractivity contribution >= 4 is 17.7 Å². The normalized spacial score (nSPS) is 10.1. The van der Waals surface area contributed by atoms with E-state index < -0.39 is 0 Å². The Balaban J connectivity index is 2.42. The number of hydrogen-bond donors (Lipinski definition) is 0. The van der Waals surface area contributed by atoms with Crippen molar-refractivity contribution in [3.05, 3.63) is 35.4 Å². The summed E-state index contributed by atoms with van der Waals surface area (Å²) in [6, 6.07) is 7.48. The van der Waals surface area contributed by atoms with E-state index in [0.29, 0.717) is 5.56 Å². The van der Waals surface area contributed by atoms with Crippen LogP contribution in [0.25, 0.3) is 0 Å². The van der Waals surface area contributed by atoms with Crippen molar-refractivity contribution in [1.82, 2.24) is 0 Å². The zero-order valence-corrected chi connectivity index (χ0v) is 10.4. The van der Waals surface area contributed by atoms with Crippen LogP contribution < -0.4 is 0 Å². The molecule has 88 valence electrons. The van der Waals surface area contributed by atoms with E-state index >= 15 is 0 Å². The Hall–Kier alpha value is -1.00. The molecule has 0 heterocycles. The van der Waals surface area contributed by atoms with Gasteiger partial charge in [-0.1, -0.05) is 12.1 Å². The molecule has 0 bridgehead atoms. The summed E-state index contributed by atoms with van der Waals surface area (Å²) in [5.41, 5.74) is 1.79. The fourth-order valence-electron chi connectivity index (χ4n) is 1.19. The van der Waals surface area contributed by atoms with Crippen LogP contribution >= 0.6 is 11.8 Å². The topological polar surface area (TPSA) is 35.5 Å². The molecule has 1 aromatic carbocycles. The third kappa shape index (κ3) is 4.24. The summed E-state index contributed by atoms with van der Waals surface area (Å²) in [6.07, 6.45) is 0. The maximum absolute atomic E-state index is 11.2. The Morgan fingerprint density at radius 1 is 1.25 bits per heavy atom. The molecule has 0 radical (unpaired) electrons. The van der Waals surface area contributed by atoms with E-state index in [4.69, 9.17) is 4.74 Å². The SMILES string of the molecule is COCCSCc1ccc(C(=O)OC)cc1. The van der Waals surface area contributed by atoms with Gasteiger partial charge in [-0.25, -0.2) is 4.79 Å². The molecule has 1 rings (SSSR count). The summed E-state index contributed by atoms with van der Waals surface area (Å²) in [5.74, 6) is 1.62. The van der Waals surface area contributed by atoms with Crippen molar-refractivity contribution in [2.24, 2.45) is 0 Å². The largest absolute Gasteiger partial charge is 0.465 e. The molecule has 3 nitrogen and oxygen atoms in total. The van der Waals surface area contributed by atoms with Crippen LogP contribution in [0.15, 0.2) is 24.3 Å². The minimum absolute atomic E-state index is 0.293. The fourth-order valence-corrected chi connectivity index (χ4v) is 2.04. The first-order chi connectivity index (χ1) is 7.77. The third-order valence-electron chi connectivity index (χ3n) is 2.08. The Bertz CT molecular complexity index is 322. The first kappa shape index (κ1) is 13.1. The third-order valence-corrected chi connectivity index (χ3v) is 3.07. The van der Waals surface area contributed by atoms with E-state index in [-0.39, 0.29) is 5.97 Å². The molecule has 1 aromatic rings. The lowest BCUT2D eigenvalue weighted by Gasteiger charge is -2.03. The van der Waals surface area contributed by atoms with Crippen molar-refractivity contribution in [3.63, 3.8) is 0 Å². The molecule has 0 spiro atoms. The summed E-state index contributed by atoms with van der Waals surface area (Å²) in [4.78, 5) is 11.2. The Morgan fingerprint density at radius 3 is 2.50 bits per heavy atom. The van der Waals surface area contributed by atoms with Crippen LogP contribution in [0.3, 0.4) is 0 Å². The molecule has 0 atom stereocenters. The van der Waals surface area contributed by atoms with Crippen molar-refractivity contribution in [2.75, 3.05) is 26.6 Å². The number of hydrogen-bond acceptors (Lipinski definition) is 4. The van der Waals surface area contributed by atoms with Gasteiger partial charge in [0.2, 0.25) is 0 Å². The average Bonchev–Trinajstić information content (AvgIpc) is 2.34. The summed E-state index contributed by atoms with van der Waals surface area (Å²) in [6.45, 7) is 0.769. The lowest BCUT2D eigenvalue weighted by atomic mass is 10.1. The molecule has 0 saturated heterocycles. The number of thioether (sulfide) groups is 1. The van der Waals surface area contributed by atoms with Gasteiger partial charge >= 0.3 is 5.97 Å². The predicted molar refractivity (Wildman–Crippen MR) is 65.8 cm³/mol. The highest BCUT2D eigenvalue weighted by molar-refractivity contribution is 7.98. The molecule has 16 heavy (non-hydrogen) atoms. The van der Waals surface area contributed by atoms with E-state index in [2.05, 4.69) is 4.74 Å². The molecule has 0 aliphatic rings. The Morgan fingerprint density at radius 2 is 1.94 bits per heavy atom. The van der Waals surface area contributed by atoms with Gasteiger partial charge in [0.25, 0.3) is 0 Å². The van der Waals surface area contributed by atoms with Gasteiger partial charge in [-0.3, -0.25) is 0 Å². The van der Waals surface area contributed by atoms with Gasteiger partial charge in [0.1, 0.15) is 0 Å². The van der Waals surface area contributed by atoms with E-state index in [0.717, 1.165) is 18.1 Å². The molecule has 0 unspecified atom stereocenters. The quantitative estimate of drug-likeness (QED) is 0.565. The fraction of sp³-hybridized carbons (Fsp3) is 0.417. The number of esters is 1.